The first-order chi connectivity index (χ1) is 12.6. The van der Waals surface area contributed by atoms with Crippen LogP contribution in [0.15, 0.2) is 48.5 Å². The Kier molecular flexibility index (Phi) is 6.17. The Hall–Kier alpha value is -2.04. The summed E-state index contributed by atoms with van der Waals surface area (Å²) in [5.41, 5.74) is 1.79. The second kappa shape index (κ2) is 8.56. The van der Waals surface area contributed by atoms with Crippen LogP contribution in [0, 0.1) is 0 Å². The molecule has 0 spiro atoms. The van der Waals surface area contributed by atoms with Gasteiger partial charge in [0.15, 0.2) is 0 Å². The normalized spacial score (nSPS) is 16.5. The number of carbonyl (C=O) groups is 1. The van der Waals surface area contributed by atoms with Gasteiger partial charge in [-0.2, -0.15) is 0 Å². The Labute approximate surface area is 159 Å². The highest BCUT2D eigenvalue weighted by atomic mass is 35.5. The number of methoxy groups -OCH3 is 1. The summed E-state index contributed by atoms with van der Waals surface area (Å²) in [6.45, 7) is 1.43. The van der Waals surface area contributed by atoms with E-state index in [9.17, 15) is 9.90 Å². The maximum absolute atomic E-state index is 12.9. The van der Waals surface area contributed by atoms with Gasteiger partial charge in [0.05, 0.1) is 6.10 Å². The number of likely N-dealkylation sites (tertiary alicyclic amines) is 1. The minimum Gasteiger partial charge on any atom is -0.508 e. The summed E-state index contributed by atoms with van der Waals surface area (Å²) >= 11 is 6.41. The van der Waals surface area contributed by atoms with E-state index in [4.69, 9.17) is 16.3 Å². The second-order valence-corrected chi connectivity index (χ2v) is 7.10. The van der Waals surface area contributed by atoms with Crippen LogP contribution in [0.4, 0.5) is 0 Å². The number of aromatic hydroxyl groups is 1. The number of carbonyl (C=O) groups excluding carboxylic acids is 1. The van der Waals surface area contributed by atoms with Crippen molar-refractivity contribution in [1.82, 2.24) is 4.90 Å². The number of halogens is 1. The van der Waals surface area contributed by atoms with Crippen molar-refractivity contribution in [1.29, 1.82) is 0 Å². The number of phenols is 1. The van der Waals surface area contributed by atoms with Gasteiger partial charge in [-0.25, -0.2) is 0 Å². The molecule has 26 heavy (non-hydrogen) atoms. The highest BCUT2D eigenvalue weighted by Gasteiger charge is 2.27. The van der Waals surface area contributed by atoms with Crippen LogP contribution >= 0.6 is 11.6 Å². The Morgan fingerprint density at radius 3 is 2.62 bits per heavy atom. The zero-order valence-corrected chi connectivity index (χ0v) is 15.7. The van der Waals surface area contributed by atoms with Gasteiger partial charge in [0, 0.05) is 37.6 Å². The van der Waals surface area contributed by atoms with E-state index in [1.165, 1.54) is 0 Å². The maximum atomic E-state index is 12.9. The van der Waals surface area contributed by atoms with Gasteiger partial charge in [-0.1, -0.05) is 41.9 Å². The van der Waals surface area contributed by atoms with Crippen molar-refractivity contribution in [2.24, 2.45) is 0 Å². The molecule has 3 rings (SSSR count). The van der Waals surface area contributed by atoms with Crippen LogP contribution in [-0.2, 0) is 9.53 Å². The van der Waals surface area contributed by atoms with Crippen LogP contribution in [-0.4, -0.2) is 42.2 Å². The van der Waals surface area contributed by atoms with Crippen LogP contribution in [0.5, 0.6) is 5.75 Å². The van der Waals surface area contributed by atoms with Gasteiger partial charge in [0.1, 0.15) is 5.75 Å². The monoisotopic (exact) mass is 373 g/mol. The molecule has 4 nitrogen and oxygen atoms in total. The smallest absolute Gasteiger partial charge is 0.223 e. The highest BCUT2D eigenvalue weighted by Crippen LogP contribution is 2.35. The van der Waals surface area contributed by atoms with Crippen molar-refractivity contribution < 1.29 is 14.6 Å². The fourth-order valence-corrected chi connectivity index (χ4v) is 3.82. The van der Waals surface area contributed by atoms with Gasteiger partial charge in [0.25, 0.3) is 0 Å². The maximum Gasteiger partial charge on any atom is 0.223 e. The third-order valence-corrected chi connectivity index (χ3v) is 5.40. The Morgan fingerprint density at radius 2 is 1.96 bits per heavy atom. The lowest BCUT2D eigenvalue weighted by molar-refractivity contribution is -0.133. The zero-order chi connectivity index (χ0) is 18.5. The molecule has 0 saturated carbocycles. The molecule has 0 bridgehead atoms. The molecule has 1 atom stereocenters. The van der Waals surface area contributed by atoms with E-state index in [0.29, 0.717) is 24.5 Å². The Balaban J connectivity index is 1.83. The minimum absolute atomic E-state index is 0.104. The van der Waals surface area contributed by atoms with E-state index in [2.05, 4.69) is 0 Å². The molecule has 138 valence electrons. The van der Waals surface area contributed by atoms with E-state index in [0.717, 1.165) is 24.0 Å². The van der Waals surface area contributed by atoms with Gasteiger partial charge in [-0.15, -0.1) is 0 Å². The summed E-state index contributed by atoms with van der Waals surface area (Å²) < 4.78 is 5.38. The minimum atomic E-state index is -0.191. The summed E-state index contributed by atoms with van der Waals surface area (Å²) in [4.78, 5) is 14.8. The summed E-state index contributed by atoms with van der Waals surface area (Å²) in [5, 5.41) is 10.5. The van der Waals surface area contributed by atoms with Gasteiger partial charge in [0.2, 0.25) is 5.91 Å². The second-order valence-electron chi connectivity index (χ2n) is 6.69. The van der Waals surface area contributed by atoms with Crippen LogP contribution in [0.25, 0.3) is 0 Å². The predicted molar refractivity (Wildman–Crippen MR) is 103 cm³/mol. The summed E-state index contributed by atoms with van der Waals surface area (Å²) in [5.74, 6) is 0.101. The fourth-order valence-electron chi connectivity index (χ4n) is 3.55. The quantitative estimate of drug-likeness (QED) is 0.854. The van der Waals surface area contributed by atoms with Crippen LogP contribution in [0.1, 0.15) is 36.3 Å². The van der Waals surface area contributed by atoms with Gasteiger partial charge in [-0.3, -0.25) is 4.79 Å². The lowest BCUT2D eigenvalue weighted by Crippen LogP contribution is -2.41. The topological polar surface area (TPSA) is 49.8 Å². The lowest BCUT2D eigenvalue weighted by atomic mass is 9.87. The SMILES string of the molecule is COC1CCN(C(=O)C[C@H](c2cccc(O)c2)c2ccccc2Cl)CC1. The van der Waals surface area contributed by atoms with Crippen molar-refractivity contribution in [3.05, 3.63) is 64.7 Å². The zero-order valence-electron chi connectivity index (χ0n) is 14.9. The third-order valence-electron chi connectivity index (χ3n) is 5.06. The lowest BCUT2D eigenvalue weighted by Gasteiger charge is -2.32. The standard InChI is InChI=1S/C21H24ClNO3/c1-26-17-9-11-23(12-10-17)21(25)14-19(15-5-4-6-16(24)13-15)18-7-2-3-8-20(18)22/h2-8,13,17,19,24H,9-12,14H2,1H3/t19-/m1/s1. The van der Waals surface area contributed by atoms with E-state index < -0.39 is 0 Å². The number of benzene rings is 2. The molecular formula is C21H24ClNO3. The number of hydrogen-bond donors (Lipinski definition) is 1. The molecule has 1 fully saturated rings. The Bertz CT molecular complexity index is 756. The van der Waals surface area contributed by atoms with Crippen LogP contribution in [0.2, 0.25) is 5.02 Å². The van der Waals surface area contributed by atoms with Gasteiger partial charge in [-0.05, 0) is 42.2 Å². The number of piperidine rings is 1. The fraction of sp³-hybridized carbons (Fsp3) is 0.381. The molecule has 1 aliphatic heterocycles. The average Bonchev–Trinajstić information content (AvgIpc) is 2.66. The van der Waals surface area contributed by atoms with E-state index in [-0.39, 0.29) is 23.7 Å². The number of hydrogen-bond acceptors (Lipinski definition) is 3. The number of nitrogens with zero attached hydrogens (tertiary/aromatic N) is 1. The van der Waals surface area contributed by atoms with Crippen molar-refractivity contribution >= 4 is 17.5 Å². The number of ether oxygens (including phenoxy) is 1. The third kappa shape index (κ3) is 4.37. The molecule has 1 heterocycles. The van der Waals surface area contributed by atoms with Crippen molar-refractivity contribution in [2.75, 3.05) is 20.2 Å². The molecule has 1 saturated heterocycles. The summed E-state index contributed by atoms with van der Waals surface area (Å²) in [6.07, 6.45) is 2.30. The number of amides is 1. The highest BCUT2D eigenvalue weighted by molar-refractivity contribution is 6.31. The Morgan fingerprint density at radius 1 is 1.23 bits per heavy atom. The van der Waals surface area contributed by atoms with E-state index in [1.54, 1.807) is 25.3 Å². The first kappa shape index (κ1) is 18.7. The van der Waals surface area contributed by atoms with E-state index in [1.807, 2.05) is 35.2 Å². The molecule has 1 amide bonds. The van der Waals surface area contributed by atoms with E-state index >= 15 is 0 Å². The average molecular weight is 374 g/mol. The van der Waals surface area contributed by atoms with Crippen molar-refractivity contribution in [2.45, 2.75) is 31.3 Å². The van der Waals surface area contributed by atoms with Crippen LogP contribution in [0.3, 0.4) is 0 Å². The molecule has 2 aromatic carbocycles. The van der Waals surface area contributed by atoms with Crippen LogP contribution < -0.4 is 0 Å². The first-order valence-corrected chi connectivity index (χ1v) is 9.30. The van der Waals surface area contributed by atoms with Crippen molar-refractivity contribution in [3.8, 4) is 5.75 Å². The molecule has 5 heteroatoms. The van der Waals surface area contributed by atoms with Gasteiger partial charge >= 0.3 is 0 Å². The molecule has 1 aliphatic rings. The first-order valence-electron chi connectivity index (χ1n) is 8.92. The largest absolute Gasteiger partial charge is 0.508 e. The summed E-state index contributed by atoms with van der Waals surface area (Å²) in [6, 6.07) is 14.6. The molecule has 2 aromatic rings. The molecular weight excluding hydrogens is 350 g/mol. The number of phenolic OH excluding ortho intramolecular Hbond substituents is 1. The van der Waals surface area contributed by atoms with Gasteiger partial charge < -0.3 is 14.7 Å². The molecule has 1 N–H and O–H groups in total. The molecule has 0 radical (unpaired) electrons. The number of rotatable bonds is 5. The summed E-state index contributed by atoms with van der Waals surface area (Å²) in [7, 11) is 1.72. The molecule has 0 aliphatic carbocycles. The predicted octanol–water partition coefficient (Wildman–Crippen LogP) is 4.21. The molecule has 0 unspecified atom stereocenters. The van der Waals surface area contributed by atoms with Crippen molar-refractivity contribution in [3.63, 3.8) is 0 Å². The molecule has 0 aromatic heterocycles.